The van der Waals surface area contributed by atoms with E-state index in [1.54, 1.807) is 0 Å². The molecule has 0 saturated carbocycles. The molecular weight excluding hydrogens is 603 g/mol. The Bertz CT molecular complexity index is 2780. The Morgan fingerprint density at radius 2 is 1.25 bits per heavy atom. The molecule has 0 amide bonds. The minimum Gasteiger partial charge on any atom is -0.299 e. The minimum atomic E-state index is -0.483. The highest BCUT2D eigenvalue weighted by Crippen LogP contribution is 2.59. The van der Waals surface area contributed by atoms with Crippen LogP contribution in [0.3, 0.4) is 0 Å². The Morgan fingerprint density at radius 3 is 2.08 bits per heavy atom. The second-order valence-electron chi connectivity index (χ2n) is 13.4. The molecular formula is C44H31N3S. The number of thiophene rings is 1. The molecule has 0 unspecified atom stereocenters. The maximum atomic E-state index is 5.50. The van der Waals surface area contributed by atoms with Crippen LogP contribution in [0.15, 0.2) is 133 Å². The molecule has 1 aliphatic heterocycles. The van der Waals surface area contributed by atoms with Gasteiger partial charge in [-0.05, 0) is 65.1 Å². The number of aromatic nitrogens is 2. The zero-order valence-electron chi connectivity index (χ0n) is 27.0. The second-order valence-corrected chi connectivity index (χ2v) is 14.4. The molecule has 10 rings (SSSR count). The third kappa shape index (κ3) is 3.69. The first-order valence-corrected chi connectivity index (χ1v) is 17.3. The Kier molecular flexibility index (Phi) is 5.71. The van der Waals surface area contributed by atoms with Gasteiger partial charge in [-0.15, -0.1) is 11.3 Å². The van der Waals surface area contributed by atoms with Crippen molar-refractivity contribution in [3.63, 3.8) is 0 Å². The molecule has 1 aliphatic rings. The topological polar surface area (TPSA) is 29.0 Å². The highest BCUT2D eigenvalue weighted by atomic mass is 32.1. The minimum absolute atomic E-state index is 0.483. The summed E-state index contributed by atoms with van der Waals surface area (Å²) in [5.74, 6) is 0.711. The molecule has 2 aromatic heterocycles. The number of nitrogens with zero attached hydrogens (tertiary/aromatic N) is 3. The van der Waals surface area contributed by atoms with Gasteiger partial charge in [0.25, 0.3) is 0 Å². The Balaban J connectivity index is 1.44. The van der Waals surface area contributed by atoms with Crippen LogP contribution in [0.2, 0.25) is 0 Å². The average molecular weight is 634 g/mol. The standard InChI is InChI=1S/C44H31N3S/c1-26-14-13-22-33-36-30-19-9-10-20-31(30)38-37-29-18-8-7-15-27(29)24-25-34(37)44(2,3)47(40(38)42(36)48-41(26)33)43-45-35-23-12-11-21-32(35)39(46-43)28-16-5-4-6-17-28/h4-25H,1-3H3. The number of hydrogen-bond acceptors (Lipinski definition) is 4. The lowest BCUT2D eigenvalue weighted by Crippen LogP contribution is -2.42. The molecule has 0 N–H and O–H groups in total. The smallest absolute Gasteiger partial charge is 0.231 e. The molecule has 7 aromatic carbocycles. The van der Waals surface area contributed by atoms with Crippen molar-refractivity contribution < 1.29 is 0 Å². The van der Waals surface area contributed by atoms with Crippen LogP contribution in [0, 0.1) is 6.92 Å². The van der Waals surface area contributed by atoms with Crippen molar-refractivity contribution in [2.45, 2.75) is 26.3 Å². The van der Waals surface area contributed by atoms with Crippen molar-refractivity contribution in [3.05, 3.63) is 145 Å². The Morgan fingerprint density at radius 1 is 0.562 bits per heavy atom. The number of anilines is 2. The normalized spacial score (nSPS) is 13.9. The molecule has 0 radical (unpaired) electrons. The predicted molar refractivity (Wildman–Crippen MR) is 205 cm³/mol. The van der Waals surface area contributed by atoms with Gasteiger partial charge in [0.05, 0.1) is 27.1 Å². The number of aryl methyl sites for hydroxylation is 1. The number of rotatable bonds is 2. The fourth-order valence-electron chi connectivity index (χ4n) is 8.10. The summed E-state index contributed by atoms with van der Waals surface area (Å²) in [5.41, 5.74) is 8.80. The fourth-order valence-corrected chi connectivity index (χ4v) is 9.43. The number of benzene rings is 7. The summed E-state index contributed by atoms with van der Waals surface area (Å²) >= 11 is 1.90. The van der Waals surface area contributed by atoms with E-state index in [0.29, 0.717) is 5.95 Å². The molecule has 4 heteroatoms. The summed E-state index contributed by atoms with van der Waals surface area (Å²) in [6.07, 6.45) is 0. The third-order valence-corrected chi connectivity index (χ3v) is 11.6. The highest BCUT2D eigenvalue weighted by molar-refractivity contribution is 7.26. The molecule has 3 heterocycles. The van der Waals surface area contributed by atoms with Crippen LogP contribution in [0.1, 0.15) is 25.0 Å². The molecule has 0 fully saturated rings. The van der Waals surface area contributed by atoms with Crippen molar-refractivity contribution in [1.29, 1.82) is 0 Å². The number of fused-ring (bicyclic) bond motifs is 13. The molecule has 0 aliphatic carbocycles. The molecule has 3 nitrogen and oxygen atoms in total. The van der Waals surface area contributed by atoms with Gasteiger partial charge in [0, 0.05) is 32.0 Å². The first-order valence-electron chi connectivity index (χ1n) is 16.5. The summed E-state index contributed by atoms with van der Waals surface area (Å²) in [5, 5.41) is 8.72. The number of hydrogen-bond donors (Lipinski definition) is 0. The average Bonchev–Trinajstić information content (AvgIpc) is 3.52. The monoisotopic (exact) mass is 633 g/mol. The van der Waals surface area contributed by atoms with Crippen molar-refractivity contribution in [2.75, 3.05) is 4.90 Å². The van der Waals surface area contributed by atoms with Crippen LogP contribution < -0.4 is 4.90 Å². The van der Waals surface area contributed by atoms with Gasteiger partial charge in [-0.3, -0.25) is 4.90 Å². The van der Waals surface area contributed by atoms with Crippen LogP contribution in [0.25, 0.3) is 75.0 Å². The van der Waals surface area contributed by atoms with Gasteiger partial charge >= 0.3 is 0 Å². The van der Waals surface area contributed by atoms with Gasteiger partial charge in [-0.1, -0.05) is 127 Å². The van der Waals surface area contributed by atoms with E-state index >= 15 is 0 Å². The van der Waals surface area contributed by atoms with E-state index in [1.165, 1.54) is 69.7 Å². The Hall–Kier alpha value is -5.58. The molecule has 0 saturated heterocycles. The van der Waals surface area contributed by atoms with E-state index in [4.69, 9.17) is 9.97 Å². The third-order valence-electron chi connectivity index (χ3n) is 10.3. The first-order chi connectivity index (χ1) is 23.5. The van der Waals surface area contributed by atoms with Gasteiger partial charge in [0.1, 0.15) is 0 Å². The van der Waals surface area contributed by atoms with E-state index in [-0.39, 0.29) is 0 Å². The van der Waals surface area contributed by atoms with Crippen LogP contribution in [-0.4, -0.2) is 9.97 Å². The lowest BCUT2D eigenvalue weighted by molar-refractivity contribution is 0.525. The van der Waals surface area contributed by atoms with Crippen LogP contribution in [0.4, 0.5) is 11.6 Å². The van der Waals surface area contributed by atoms with E-state index in [9.17, 15) is 0 Å². The molecule has 228 valence electrons. The maximum absolute atomic E-state index is 5.50. The second kappa shape index (κ2) is 9.96. The van der Waals surface area contributed by atoms with E-state index < -0.39 is 5.54 Å². The van der Waals surface area contributed by atoms with Crippen LogP contribution >= 0.6 is 11.3 Å². The van der Waals surface area contributed by atoms with Gasteiger partial charge in [-0.2, -0.15) is 0 Å². The molecule has 48 heavy (non-hydrogen) atoms. The van der Waals surface area contributed by atoms with Crippen LogP contribution in [-0.2, 0) is 5.54 Å². The van der Waals surface area contributed by atoms with Crippen molar-refractivity contribution >= 4 is 75.6 Å². The summed E-state index contributed by atoms with van der Waals surface area (Å²) in [4.78, 5) is 13.4. The molecule has 0 spiro atoms. The lowest BCUT2D eigenvalue weighted by atomic mass is 9.76. The van der Waals surface area contributed by atoms with Gasteiger partial charge in [-0.25, -0.2) is 9.97 Å². The summed E-state index contributed by atoms with van der Waals surface area (Å²) < 4.78 is 2.61. The largest absolute Gasteiger partial charge is 0.299 e. The zero-order valence-corrected chi connectivity index (χ0v) is 27.8. The van der Waals surface area contributed by atoms with E-state index in [0.717, 1.165) is 22.2 Å². The SMILES string of the molecule is Cc1cccc2c1sc1c3c(c4ccccc4c12)-c1c(ccc2ccccc12)C(C)(C)N3c1nc(-c2ccccc2)c2ccccc2n1. The first kappa shape index (κ1) is 27.5. The van der Waals surface area contributed by atoms with Crippen molar-refractivity contribution in [3.8, 4) is 22.4 Å². The number of para-hydroxylation sites is 1. The summed E-state index contributed by atoms with van der Waals surface area (Å²) in [7, 11) is 0. The quantitative estimate of drug-likeness (QED) is 0.190. The van der Waals surface area contributed by atoms with Crippen molar-refractivity contribution in [2.24, 2.45) is 0 Å². The van der Waals surface area contributed by atoms with Gasteiger partial charge in [0.2, 0.25) is 5.95 Å². The zero-order chi connectivity index (χ0) is 32.1. The predicted octanol–water partition coefficient (Wildman–Crippen LogP) is 12.3. The van der Waals surface area contributed by atoms with E-state index in [1.807, 2.05) is 11.3 Å². The summed E-state index contributed by atoms with van der Waals surface area (Å²) in [6, 6.07) is 48.1. The Labute approximate surface area is 282 Å². The molecule has 0 bridgehead atoms. The maximum Gasteiger partial charge on any atom is 0.231 e. The fraction of sp³-hybridized carbons (Fsp3) is 0.0909. The van der Waals surface area contributed by atoms with Gasteiger partial charge in [0.15, 0.2) is 0 Å². The van der Waals surface area contributed by atoms with E-state index in [2.05, 4.69) is 159 Å². The molecule has 9 aromatic rings. The van der Waals surface area contributed by atoms with Crippen LogP contribution in [0.5, 0.6) is 0 Å². The molecule has 0 atom stereocenters. The van der Waals surface area contributed by atoms with Crippen molar-refractivity contribution in [1.82, 2.24) is 9.97 Å². The lowest BCUT2D eigenvalue weighted by Gasteiger charge is -2.46. The summed E-state index contributed by atoms with van der Waals surface area (Å²) in [6.45, 7) is 6.91. The highest BCUT2D eigenvalue weighted by Gasteiger charge is 2.43. The van der Waals surface area contributed by atoms with Gasteiger partial charge < -0.3 is 0 Å².